The van der Waals surface area contributed by atoms with E-state index in [1.54, 1.807) is 7.11 Å². The Morgan fingerprint density at radius 3 is 2.62 bits per heavy atom. The normalized spacial score (nSPS) is 22.4. The Morgan fingerprint density at radius 1 is 1.29 bits per heavy atom. The van der Waals surface area contributed by atoms with Gasteiger partial charge in [-0.15, -0.1) is 0 Å². The summed E-state index contributed by atoms with van der Waals surface area (Å²) < 4.78 is 5.20. The molecule has 2 heterocycles. The van der Waals surface area contributed by atoms with Crippen LogP contribution in [0.4, 0.5) is 11.6 Å². The molecule has 5 heteroatoms. The number of nitrogens with zero attached hydrogens (tertiary/aromatic N) is 3. The number of anilines is 2. The number of methoxy groups -OCH3 is 1. The fourth-order valence-corrected chi connectivity index (χ4v) is 3.03. The van der Waals surface area contributed by atoms with Gasteiger partial charge in [0.1, 0.15) is 18.2 Å². The summed E-state index contributed by atoms with van der Waals surface area (Å²) in [5.74, 6) is 4.09. The van der Waals surface area contributed by atoms with E-state index in [1.807, 2.05) is 0 Å². The van der Waals surface area contributed by atoms with E-state index in [0.717, 1.165) is 43.5 Å². The first-order chi connectivity index (χ1) is 10.1. The second-order valence-corrected chi connectivity index (χ2v) is 6.24. The Balaban J connectivity index is 2.21. The number of ether oxygens (including phenoxy) is 1. The van der Waals surface area contributed by atoms with Crippen molar-refractivity contribution in [2.45, 2.75) is 40.2 Å². The molecule has 0 saturated carbocycles. The van der Waals surface area contributed by atoms with Gasteiger partial charge in [0.15, 0.2) is 5.82 Å². The molecule has 2 atom stereocenters. The summed E-state index contributed by atoms with van der Waals surface area (Å²) in [5, 5.41) is 3.36. The minimum atomic E-state index is 0.452. The number of aromatic nitrogens is 2. The first-order valence-corrected chi connectivity index (χ1v) is 7.98. The quantitative estimate of drug-likeness (QED) is 0.873. The molecule has 0 radical (unpaired) electrons. The Morgan fingerprint density at radius 2 is 2.00 bits per heavy atom. The van der Waals surface area contributed by atoms with Gasteiger partial charge in [0, 0.05) is 32.8 Å². The minimum absolute atomic E-state index is 0.452. The highest BCUT2D eigenvalue weighted by Gasteiger charge is 2.23. The largest absolute Gasteiger partial charge is 0.377 e. The van der Waals surface area contributed by atoms with Crippen molar-refractivity contribution in [2.24, 2.45) is 11.8 Å². The van der Waals surface area contributed by atoms with Crippen molar-refractivity contribution in [3.05, 3.63) is 11.9 Å². The van der Waals surface area contributed by atoms with Crippen LogP contribution < -0.4 is 10.2 Å². The van der Waals surface area contributed by atoms with Crippen LogP contribution >= 0.6 is 0 Å². The predicted octanol–water partition coefficient (Wildman–Crippen LogP) is 2.93. The zero-order valence-electron chi connectivity index (χ0n) is 13.7. The first-order valence-electron chi connectivity index (χ1n) is 7.98. The second-order valence-electron chi connectivity index (χ2n) is 6.24. The molecule has 118 valence electrons. The molecule has 21 heavy (non-hydrogen) atoms. The van der Waals surface area contributed by atoms with Crippen molar-refractivity contribution in [1.29, 1.82) is 0 Å². The van der Waals surface area contributed by atoms with Crippen LogP contribution in [0.2, 0.25) is 0 Å². The third kappa shape index (κ3) is 4.56. The molecule has 1 fully saturated rings. The highest BCUT2D eigenvalue weighted by atomic mass is 16.5. The second kappa shape index (κ2) is 7.59. The summed E-state index contributed by atoms with van der Waals surface area (Å²) in [6.07, 6.45) is 2.38. The molecule has 2 rings (SSSR count). The van der Waals surface area contributed by atoms with Crippen molar-refractivity contribution in [3.8, 4) is 0 Å². The smallest absolute Gasteiger partial charge is 0.158 e. The van der Waals surface area contributed by atoms with Crippen LogP contribution in [0.1, 0.15) is 39.4 Å². The van der Waals surface area contributed by atoms with Gasteiger partial charge in [-0.2, -0.15) is 0 Å². The fourth-order valence-electron chi connectivity index (χ4n) is 3.03. The van der Waals surface area contributed by atoms with E-state index < -0.39 is 0 Å². The maximum Gasteiger partial charge on any atom is 0.158 e. The minimum Gasteiger partial charge on any atom is -0.377 e. The molecule has 0 spiro atoms. The molecule has 1 aromatic rings. The van der Waals surface area contributed by atoms with E-state index in [4.69, 9.17) is 4.74 Å². The summed E-state index contributed by atoms with van der Waals surface area (Å²) >= 11 is 0. The SMILES string of the molecule is CCCNc1cc(N2CC(C)CC(C)C2)nc(COC)n1. The van der Waals surface area contributed by atoms with Crippen LogP contribution in [0.25, 0.3) is 0 Å². The monoisotopic (exact) mass is 292 g/mol. The van der Waals surface area contributed by atoms with Gasteiger partial charge in [-0.25, -0.2) is 9.97 Å². The van der Waals surface area contributed by atoms with E-state index in [1.165, 1.54) is 6.42 Å². The van der Waals surface area contributed by atoms with Gasteiger partial charge in [0.25, 0.3) is 0 Å². The van der Waals surface area contributed by atoms with Crippen LogP contribution in [-0.2, 0) is 11.3 Å². The third-order valence-electron chi connectivity index (χ3n) is 3.78. The summed E-state index contributed by atoms with van der Waals surface area (Å²) in [6, 6.07) is 2.07. The number of hydrogen-bond acceptors (Lipinski definition) is 5. The molecule has 1 aromatic heterocycles. The van der Waals surface area contributed by atoms with Gasteiger partial charge in [-0.05, 0) is 24.7 Å². The average Bonchev–Trinajstić information content (AvgIpc) is 2.44. The summed E-state index contributed by atoms with van der Waals surface area (Å²) in [7, 11) is 1.68. The third-order valence-corrected chi connectivity index (χ3v) is 3.78. The van der Waals surface area contributed by atoms with Crippen molar-refractivity contribution < 1.29 is 4.74 Å². The Labute approximate surface area is 128 Å². The van der Waals surface area contributed by atoms with E-state index in [0.29, 0.717) is 18.4 Å². The Hall–Kier alpha value is -1.36. The van der Waals surface area contributed by atoms with Gasteiger partial charge < -0.3 is 15.0 Å². The lowest BCUT2D eigenvalue weighted by molar-refractivity contribution is 0.178. The highest BCUT2D eigenvalue weighted by Crippen LogP contribution is 2.26. The van der Waals surface area contributed by atoms with Gasteiger partial charge in [0.05, 0.1) is 0 Å². The van der Waals surface area contributed by atoms with Gasteiger partial charge in [0.2, 0.25) is 0 Å². The number of piperidine rings is 1. The molecule has 0 amide bonds. The molecule has 1 N–H and O–H groups in total. The first kappa shape index (κ1) is 16.0. The topological polar surface area (TPSA) is 50.3 Å². The number of nitrogens with one attached hydrogen (secondary N) is 1. The molecule has 0 aromatic carbocycles. The van der Waals surface area contributed by atoms with Crippen molar-refractivity contribution in [3.63, 3.8) is 0 Å². The maximum atomic E-state index is 5.20. The van der Waals surface area contributed by atoms with Crippen LogP contribution in [0, 0.1) is 11.8 Å². The lowest BCUT2D eigenvalue weighted by atomic mass is 9.92. The molecule has 0 aliphatic carbocycles. The van der Waals surface area contributed by atoms with Crippen molar-refractivity contribution >= 4 is 11.6 Å². The zero-order valence-corrected chi connectivity index (χ0v) is 13.7. The molecular weight excluding hydrogens is 264 g/mol. The van der Waals surface area contributed by atoms with Crippen molar-refractivity contribution in [2.75, 3.05) is 37.0 Å². The van der Waals surface area contributed by atoms with Crippen LogP contribution in [0.15, 0.2) is 6.07 Å². The Kier molecular flexibility index (Phi) is 5.79. The highest BCUT2D eigenvalue weighted by molar-refractivity contribution is 5.49. The van der Waals surface area contributed by atoms with Gasteiger partial charge in [-0.1, -0.05) is 20.8 Å². The number of hydrogen-bond donors (Lipinski definition) is 1. The van der Waals surface area contributed by atoms with Crippen LogP contribution in [-0.4, -0.2) is 36.7 Å². The van der Waals surface area contributed by atoms with Crippen molar-refractivity contribution in [1.82, 2.24) is 9.97 Å². The summed E-state index contributed by atoms with van der Waals surface area (Å²) in [6.45, 7) is 10.3. The van der Waals surface area contributed by atoms with Crippen LogP contribution in [0.5, 0.6) is 0 Å². The molecule has 1 aliphatic rings. The molecule has 1 saturated heterocycles. The standard InChI is InChI=1S/C16H28N4O/c1-5-6-17-14-8-16(19-15(18-14)11-21-4)20-9-12(2)7-13(3)10-20/h8,12-13H,5-7,9-11H2,1-4H3,(H,17,18,19). The average molecular weight is 292 g/mol. The molecule has 2 unspecified atom stereocenters. The van der Waals surface area contributed by atoms with E-state index in [2.05, 4.69) is 47.0 Å². The van der Waals surface area contributed by atoms with Crippen LogP contribution in [0.3, 0.4) is 0 Å². The molecule has 0 bridgehead atoms. The van der Waals surface area contributed by atoms with Gasteiger partial charge in [-0.3, -0.25) is 0 Å². The van der Waals surface area contributed by atoms with E-state index >= 15 is 0 Å². The molecular formula is C16H28N4O. The fraction of sp³-hybridized carbons (Fsp3) is 0.750. The maximum absolute atomic E-state index is 5.20. The number of rotatable bonds is 6. The van der Waals surface area contributed by atoms with Gasteiger partial charge >= 0.3 is 0 Å². The van der Waals surface area contributed by atoms with E-state index in [9.17, 15) is 0 Å². The summed E-state index contributed by atoms with van der Waals surface area (Å²) in [4.78, 5) is 11.6. The molecule has 1 aliphatic heterocycles. The lowest BCUT2D eigenvalue weighted by Gasteiger charge is -2.36. The molecule has 5 nitrogen and oxygen atoms in total. The predicted molar refractivity (Wildman–Crippen MR) is 86.7 cm³/mol. The Bertz CT molecular complexity index is 442. The van der Waals surface area contributed by atoms with E-state index in [-0.39, 0.29) is 0 Å². The summed E-state index contributed by atoms with van der Waals surface area (Å²) in [5.41, 5.74) is 0. The lowest BCUT2D eigenvalue weighted by Crippen LogP contribution is -2.39. The zero-order chi connectivity index (χ0) is 15.2.